The van der Waals surface area contributed by atoms with Gasteiger partial charge in [-0.25, -0.2) is 4.98 Å². The van der Waals surface area contributed by atoms with Gasteiger partial charge in [-0.1, -0.05) is 0 Å². The topological polar surface area (TPSA) is 113 Å². The van der Waals surface area contributed by atoms with E-state index >= 15 is 0 Å². The summed E-state index contributed by atoms with van der Waals surface area (Å²) >= 11 is 1.58. The maximum atomic E-state index is 12.5. The van der Waals surface area contributed by atoms with Crippen LogP contribution in [0.25, 0.3) is 10.2 Å². The molecule has 2 heterocycles. The Morgan fingerprint density at radius 1 is 1.27 bits per heavy atom. The van der Waals surface area contributed by atoms with E-state index in [1.807, 2.05) is 0 Å². The van der Waals surface area contributed by atoms with Gasteiger partial charge in [-0.15, -0.1) is 11.3 Å². The molecule has 2 amide bonds. The number of nitrogens with zero attached hydrogens (tertiary/aromatic N) is 1. The number of methoxy groups -OCH3 is 1. The predicted octanol–water partition coefficient (Wildman–Crippen LogP) is 3.01. The molecule has 0 atom stereocenters. The summed E-state index contributed by atoms with van der Waals surface area (Å²) in [6, 6.07) is 5.00. The van der Waals surface area contributed by atoms with Gasteiger partial charge >= 0.3 is 0 Å². The number of carbonyl (C=O) groups excluding carboxylic acids is 2. The van der Waals surface area contributed by atoms with Crippen LogP contribution in [0.5, 0.6) is 5.75 Å². The first-order valence-corrected chi connectivity index (χ1v) is 10.5. The Labute approximate surface area is 176 Å². The third kappa shape index (κ3) is 4.06. The molecule has 0 spiro atoms. The Hall–Kier alpha value is -3.20. The normalized spacial score (nSPS) is 12.6. The van der Waals surface area contributed by atoms with Crippen molar-refractivity contribution < 1.29 is 14.3 Å². The second-order valence-electron chi connectivity index (χ2n) is 7.19. The van der Waals surface area contributed by atoms with Crippen molar-refractivity contribution in [1.82, 2.24) is 9.97 Å². The lowest BCUT2D eigenvalue weighted by Crippen LogP contribution is -2.17. The SMILES string of the molecule is COc1ccc(NC(C)=O)cc1NC(=O)CCc1nc2sc3c(c2c(=O)[nH]1)CCC3. The Bertz CT molecular complexity index is 1200. The average molecular weight is 426 g/mol. The van der Waals surface area contributed by atoms with Crippen molar-refractivity contribution in [3.8, 4) is 5.75 Å². The minimum absolute atomic E-state index is 0.125. The number of aromatic amines is 1. The van der Waals surface area contributed by atoms with Crippen molar-refractivity contribution in [3.63, 3.8) is 0 Å². The molecule has 1 aliphatic carbocycles. The zero-order valence-electron chi connectivity index (χ0n) is 16.8. The number of rotatable bonds is 6. The average Bonchev–Trinajstić information content (AvgIpc) is 3.27. The monoisotopic (exact) mass is 426 g/mol. The smallest absolute Gasteiger partial charge is 0.259 e. The van der Waals surface area contributed by atoms with E-state index in [4.69, 9.17) is 4.74 Å². The van der Waals surface area contributed by atoms with E-state index in [1.165, 1.54) is 18.9 Å². The Morgan fingerprint density at radius 2 is 2.10 bits per heavy atom. The van der Waals surface area contributed by atoms with E-state index < -0.39 is 0 Å². The zero-order valence-corrected chi connectivity index (χ0v) is 17.6. The van der Waals surface area contributed by atoms with Crippen LogP contribution in [0.15, 0.2) is 23.0 Å². The number of hydrogen-bond acceptors (Lipinski definition) is 6. The highest BCUT2D eigenvalue weighted by atomic mass is 32.1. The number of aryl methyl sites for hydroxylation is 3. The molecule has 3 N–H and O–H groups in total. The number of anilines is 2. The molecule has 30 heavy (non-hydrogen) atoms. The molecule has 0 fully saturated rings. The van der Waals surface area contributed by atoms with Crippen LogP contribution in [0.2, 0.25) is 0 Å². The number of nitrogens with one attached hydrogen (secondary N) is 3. The fraction of sp³-hybridized carbons (Fsp3) is 0.333. The Balaban J connectivity index is 1.46. The summed E-state index contributed by atoms with van der Waals surface area (Å²) in [5.74, 6) is 0.534. The van der Waals surface area contributed by atoms with Crippen LogP contribution < -0.4 is 20.9 Å². The molecule has 1 aromatic carbocycles. The molecule has 3 aromatic rings. The van der Waals surface area contributed by atoms with Gasteiger partial charge in [0.05, 0.1) is 18.2 Å². The lowest BCUT2D eigenvalue weighted by Gasteiger charge is -2.12. The Morgan fingerprint density at radius 3 is 2.87 bits per heavy atom. The van der Waals surface area contributed by atoms with Crippen LogP contribution in [0, 0.1) is 0 Å². The van der Waals surface area contributed by atoms with E-state index in [0.717, 1.165) is 29.7 Å². The van der Waals surface area contributed by atoms with Crippen LogP contribution in [0.4, 0.5) is 11.4 Å². The number of benzene rings is 1. The summed E-state index contributed by atoms with van der Waals surface area (Å²) in [6.07, 6.45) is 3.49. The largest absolute Gasteiger partial charge is 0.495 e. The first-order valence-electron chi connectivity index (χ1n) is 9.73. The summed E-state index contributed by atoms with van der Waals surface area (Å²) in [5.41, 5.74) is 2.03. The van der Waals surface area contributed by atoms with E-state index in [0.29, 0.717) is 34.8 Å². The highest BCUT2D eigenvalue weighted by Crippen LogP contribution is 2.34. The lowest BCUT2D eigenvalue weighted by molar-refractivity contribution is -0.116. The van der Waals surface area contributed by atoms with Crippen molar-refractivity contribution in [2.24, 2.45) is 0 Å². The second kappa shape index (κ2) is 8.27. The van der Waals surface area contributed by atoms with E-state index in [-0.39, 0.29) is 23.8 Å². The molecule has 0 bridgehead atoms. The van der Waals surface area contributed by atoms with Crippen molar-refractivity contribution in [2.45, 2.75) is 39.0 Å². The number of aromatic nitrogens is 2. The van der Waals surface area contributed by atoms with E-state index in [9.17, 15) is 14.4 Å². The van der Waals surface area contributed by atoms with Gasteiger partial charge in [-0.2, -0.15) is 0 Å². The highest BCUT2D eigenvalue weighted by Gasteiger charge is 2.21. The summed E-state index contributed by atoms with van der Waals surface area (Å²) in [7, 11) is 1.51. The highest BCUT2D eigenvalue weighted by molar-refractivity contribution is 7.18. The minimum Gasteiger partial charge on any atom is -0.495 e. The predicted molar refractivity (Wildman–Crippen MR) is 117 cm³/mol. The van der Waals surface area contributed by atoms with E-state index in [2.05, 4.69) is 20.6 Å². The number of hydrogen-bond donors (Lipinski definition) is 3. The fourth-order valence-electron chi connectivity index (χ4n) is 3.70. The van der Waals surface area contributed by atoms with Gasteiger partial charge in [-0.3, -0.25) is 14.4 Å². The number of amides is 2. The number of fused-ring (bicyclic) bond motifs is 3. The molecule has 2 aromatic heterocycles. The zero-order chi connectivity index (χ0) is 21.3. The van der Waals surface area contributed by atoms with Crippen LogP contribution in [-0.2, 0) is 28.9 Å². The lowest BCUT2D eigenvalue weighted by atomic mass is 10.2. The fourth-order valence-corrected chi connectivity index (χ4v) is 4.98. The van der Waals surface area contributed by atoms with Gasteiger partial charge in [0.2, 0.25) is 11.8 Å². The standard InChI is InChI=1S/C21H22N4O4S/c1-11(26)22-12-6-7-15(29-2)14(10-12)23-18(27)9-8-17-24-20(28)19-13-4-3-5-16(13)30-21(19)25-17/h6-7,10H,3-5,8-9H2,1-2H3,(H,22,26)(H,23,27)(H,24,25,28). The summed E-state index contributed by atoms with van der Waals surface area (Å²) < 4.78 is 5.28. The Kier molecular flexibility index (Phi) is 5.54. The van der Waals surface area contributed by atoms with Gasteiger partial charge in [0, 0.05) is 30.3 Å². The van der Waals surface area contributed by atoms with Gasteiger partial charge in [0.25, 0.3) is 5.56 Å². The van der Waals surface area contributed by atoms with Gasteiger partial charge < -0.3 is 20.4 Å². The van der Waals surface area contributed by atoms with Gasteiger partial charge in [0.15, 0.2) is 0 Å². The molecule has 0 aliphatic heterocycles. The van der Waals surface area contributed by atoms with Gasteiger partial charge in [0.1, 0.15) is 16.4 Å². The number of thiophene rings is 1. The first kappa shape index (κ1) is 20.1. The molecule has 1 aliphatic rings. The molecule has 4 rings (SSSR count). The van der Waals surface area contributed by atoms with Crippen LogP contribution in [0.1, 0.15) is 36.0 Å². The molecule has 8 nitrogen and oxygen atoms in total. The van der Waals surface area contributed by atoms with Crippen molar-refractivity contribution in [1.29, 1.82) is 0 Å². The van der Waals surface area contributed by atoms with Crippen molar-refractivity contribution >= 4 is 44.7 Å². The quantitative estimate of drug-likeness (QED) is 0.561. The third-order valence-electron chi connectivity index (χ3n) is 5.01. The van der Waals surface area contributed by atoms with Crippen molar-refractivity contribution in [2.75, 3.05) is 17.7 Å². The maximum absolute atomic E-state index is 12.5. The van der Waals surface area contributed by atoms with Crippen LogP contribution in [0.3, 0.4) is 0 Å². The molecule has 0 saturated heterocycles. The molecule has 9 heteroatoms. The summed E-state index contributed by atoms with van der Waals surface area (Å²) in [5, 5.41) is 6.18. The summed E-state index contributed by atoms with van der Waals surface area (Å²) in [4.78, 5) is 45.7. The molecule has 0 saturated carbocycles. The molecule has 0 unspecified atom stereocenters. The molecule has 0 radical (unpaired) electrons. The summed E-state index contributed by atoms with van der Waals surface area (Å²) in [6.45, 7) is 1.41. The minimum atomic E-state index is -0.246. The van der Waals surface area contributed by atoms with Crippen molar-refractivity contribution in [3.05, 3.63) is 44.8 Å². The first-order chi connectivity index (χ1) is 14.4. The second-order valence-corrected chi connectivity index (χ2v) is 8.28. The molecular weight excluding hydrogens is 404 g/mol. The third-order valence-corrected chi connectivity index (χ3v) is 6.19. The molecular formula is C21H22N4O4S. The van der Waals surface area contributed by atoms with Crippen LogP contribution in [-0.4, -0.2) is 28.9 Å². The van der Waals surface area contributed by atoms with Crippen LogP contribution >= 0.6 is 11.3 Å². The maximum Gasteiger partial charge on any atom is 0.259 e. The van der Waals surface area contributed by atoms with E-state index in [1.54, 1.807) is 29.5 Å². The number of carbonyl (C=O) groups is 2. The number of ether oxygens (including phenoxy) is 1. The van der Waals surface area contributed by atoms with Gasteiger partial charge in [-0.05, 0) is 43.0 Å². The molecule has 156 valence electrons. The number of H-pyrrole nitrogens is 1.